The first-order chi connectivity index (χ1) is 8.34. The monoisotopic (exact) mass is 226 g/mol. The lowest BCUT2D eigenvalue weighted by atomic mass is 10.0. The van der Waals surface area contributed by atoms with Crippen LogP contribution in [0.3, 0.4) is 0 Å². The van der Waals surface area contributed by atoms with Gasteiger partial charge in [0.1, 0.15) is 13.2 Å². The third-order valence-electron chi connectivity index (χ3n) is 3.00. The zero-order valence-corrected chi connectivity index (χ0v) is 9.77. The predicted octanol–water partition coefficient (Wildman–Crippen LogP) is 3.43. The number of hydrogen-bond acceptors (Lipinski definition) is 2. The van der Waals surface area contributed by atoms with Crippen molar-refractivity contribution >= 4 is 0 Å². The van der Waals surface area contributed by atoms with Gasteiger partial charge >= 0.3 is 0 Å². The molecular formula is C15H14O2. The van der Waals surface area contributed by atoms with Gasteiger partial charge in [0.2, 0.25) is 0 Å². The molecule has 2 aromatic carbocycles. The second-order valence-corrected chi connectivity index (χ2v) is 4.17. The number of benzene rings is 2. The zero-order valence-electron chi connectivity index (χ0n) is 9.77. The smallest absolute Gasteiger partial charge is 0.161 e. The summed E-state index contributed by atoms with van der Waals surface area (Å²) < 4.78 is 11.1. The Morgan fingerprint density at radius 3 is 2.47 bits per heavy atom. The highest BCUT2D eigenvalue weighted by molar-refractivity contribution is 5.70. The van der Waals surface area contributed by atoms with Crippen molar-refractivity contribution in [3.8, 4) is 22.6 Å². The molecule has 0 aromatic heterocycles. The molecule has 0 fully saturated rings. The molecule has 17 heavy (non-hydrogen) atoms. The summed E-state index contributed by atoms with van der Waals surface area (Å²) in [6.07, 6.45) is 0. The van der Waals surface area contributed by atoms with Crippen molar-refractivity contribution in [2.75, 3.05) is 13.2 Å². The van der Waals surface area contributed by atoms with Crippen LogP contribution in [0.4, 0.5) is 0 Å². The topological polar surface area (TPSA) is 18.5 Å². The van der Waals surface area contributed by atoms with Crippen molar-refractivity contribution in [2.24, 2.45) is 0 Å². The largest absolute Gasteiger partial charge is 0.486 e. The van der Waals surface area contributed by atoms with E-state index in [9.17, 15) is 0 Å². The molecule has 86 valence electrons. The molecule has 0 spiro atoms. The zero-order chi connectivity index (χ0) is 11.7. The van der Waals surface area contributed by atoms with Crippen LogP contribution in [0, 0.1) is 6.92 Å². The molecule has 2 nitrogen and oxygen atoms in total. The van der Waals surface area contributed by atoms with Crippen LogP contribution in [0.15, 0.2) is 42.5 Å². The van der Waals surface area contributed by atoms with Crippen LogP contribution in [0.1, 0.15) is 5.56 Å². The molecule has 0 bridgehead atoms. The van der Waals surface area contributed by atoms with Gasteiger partial charge in [0.15, 0.2) is 11.5 Å². The first kappa shape index (κ1) is 10.2. The molecule has 0 unspecified atom stereocenters. The van der Waals surface area contributed by atoms with Crippen molar-refractivity contribution in [3.63, 3.8) is 0 Å². The Morgan fingerprint density at radius 1 is 0.882 bits per heavy atom. The molecule has 1 heterocycles. The van der Waals surface area contributed by atoms with Crippen molar-refractivity contribution in [2.45, 2.75) is 6.92 Å². The molecular weight excluding hydrogens is 212 g/mol. The SMILES string of the molecule is Cc1ccccc1-c1ccc2c(c1)OCCO2. The van der Waals surface area contributed by atoms with Crippen LogP contribution in [-0.4, -0.2) is 13.2 Å². The van der Waals surface area contributed by atoms with Gasteiger partial charge in [0.05, 0.1) is 0 Å². The average molecular weight is 226 g/mol. The summed E-state index contributed by atoms with van der Waals surface area (Å²) in [5.41, 5.74) is 3.68. The molecule has 0 radical (unpaired) electrons. The van der Waals surface area contributed by atoms with Crippen LogP contribution in [0.25, 0.3) is 11.1 Å². The van der Waals surface area contributed by atoms with E-state index in [-0.39, 0.29) is 0 Å². The number of hydrogen-bond donors (Lipinski definition) is 0. The third-order valence-corrected chi connectivity index (χ3v) is 3.00. The van der Waals surface area contributed by atoms with E-state index in [0.717, 1.165) is 11.5 Å². The fourth-order valence-corrected chi connectivity index (χ4v) is 2.11. The quantitative estimate of drug-likeness (QED) is 0.741. The van der Waals surface area contributed by atoms with E-state index in [4.69, 9.17) is 9.47 Å². The minimum absolute atomic E-state index is 0.629. The Labute approximate surface area is 101 Å². The number of aryl methyl sites for hydroxylation is 1. The summed E-state index contributed by atoms with van der Waals surface area (Å²) in [6, 6.07) is 14.5. The van der Waals surface area contributed by atoms with Gasteiger partial charge in [0.25, 0.3) is 0 Å². The molecule has 0 saturated heterocycles. The molecule has 2 aromatic rings. The van der Waals surface area contributed by atoms with Gasteiger partial charge in [-0.15, -0.1) is 0 Å². The van der Waals surface area contributed by atoms with Crippen LogP contribution in [-0.2, 0) is 0 Å². The van der Waals surface area contributed by atoms with Crippen molar-refractivity contribution in [1.29, 1.82) is 0 Å². The fourth-order valence-electron chi connectivity index (χ4n) is 2.11. The van der Waals surface area contributed by atoms with Crippen LogP contribution in [0.5, 0.6) is 11.5 Å². The highest BCUT2D eigenvalue weighted by Crippen LogP contribution is 2.35. The lowest BCUT2D eigenvalue weighted by Crippen LogP contribution is -2.15. The minimum Gasteiger partial charge on any atom is -0.486 e. The fraction of sp³-hybridized carbons (Fsp3) is 0.200. The summed E-state index contributed by atoms with van der Waals surface area (Å²) in [4.78, 5) is 0. The van der Waals surface area contributed by atoms with Gasteiger partial charge in [-0.1, -0.05) is 30.3 Å². The summed E-state index contributed by atoms with van der Waals surface area (Å²) >= 11 is 0. The van der Waals surface area contributed by atoms with E-state index in [1.54, 1.807) is 0 Å². The average Bonchev–Trinajstić information content (AvgIpc) is 2.39. The van der Waals surface area contributed by atoms with Gasteiger partial charge < -0.3 is 9.47 Å². The maximum atomic E-state index is 5.60. The highest BCUT2D eigenvalue weighted by Gasteiger charge is 2.12. The number of fused-ring (bicyclic) bond motifs is 1. The number of ether oxygens (including phenoxy) is 2. The van der Waals surface area contributed by atoms with E-state index in [1.165, 1.54) is 16.7 Å². The molecule has 0 N–H and O–H groups in total. The maximum Gasteiger partial charge on any atom is 0.161 e. The Hall–Kier alpha value is -1.96. The molecule has 0 atom stereocenters. The van der Waals surface area contributed by atoms with E-state index in [1.807, 2.05) is 6.07 Å². The van der Waals surface area contributed by atoms with Crippen molar-refractivity contribution in [1.82, 2.24) is 0 Å². The number of rotatable bonds is 1. The second kappa shape index (κ2) is 4.13. The highest BCUT2D eigenvalue weighted by atomic mass is 16.6. The molecule has 0 saturated carbocycles. The van der Waals surface area contributed by atoms with E-state index in [2.05, 4.69) is 43.3 Å². The standard InChI is InChI=1S/C15H14O2/c1-11-4-2-3-5-13(11)12-6-7-14-15(10-12)17-9-8-16-14/h2-7,10H,8-9H2,1H3. The second-order valence-electron chi connectivity index (χ2n) is 4.17. The van der Waals surface area contributed by atoms with Gasteiger partial charge in [0, 0.05) is 0 Å². The molecule has 3 rings (SSSR count). The summed E-state index contributed by atoms with van der Waals surface area (Å²) in [5.74, 6) is 1.69. The van der Waals surface area contributed by atoms with Gasteiger partial charge in [-0.2, -0.15) is 0 Å². The minimum atomic E-state index is 0.629. The normalized spacial score (nSPS) is 13.5. The van der Waals surface area contributed by atoms with Crippen LogP contribution >= 0.6 is 0 Å². The van der Waals surface area contributed by atoms with Gasteiger partial charge in [-0.25, -0.2) is 0 Å². The first-order valence-electron chi connectivity index (χ1n) is 5.80. The van der Waals surface area contributed by atoms with Crippen LogP contribution in [0.2, 0.25) is 0 Å². The Kier molecular flexibility index (Phi) is 2.48. The third kappa shape index (κ3) is 1.86. The van der Waals surface area contributed by atoms with E-state index in [0.29, 0.717) is 13.2 Å². The lowest BCUT2D eigenvalue weighted by molar-refractivity contribution is 0.171. The maximum absolute atomic E-state index is 5.60. The van der Waals surface area contributed by atoms with Crippen molar-refractivity contribution in [3.05, 3.63) is 48.0 Å². The van der Waals surface area contributed by atoms with Gasteiger partial charge in [-0.3, -0.25) is 0 Å². The molecule has 0 aliphatic carbocycles. The van der Waals surface area contributed by atoms with E-state index < -0.39 is 0 Å². The predicted molar refractivity (Wildman–Crippen MR) is 67.6 cm³/mol. The van der Waals surface area contributed by atoms with Gasteiger partial charge in [-0.05, 0) is 35.7 Å². The first-order valence-corrected chi connectivity index (χ1v) is 5.80. The van der Waals surface area contributed by atoms with Crippen LogP contribution < -0.4 is 9.47 Å². The summed E-state index contributed by atoms with van der Waals surface area (Å²) in [6.45, 7) is 3.38. The molecule has 2 heteroatoms. The summed E-state index contributed by atoms with van der Waals surface area (Å²) in [7, 11) is 0. The summed E-state index contributed by atoms with van der Waals surface area (Å²) in [5, 5.41) is 0. The Balaban J connectivity index is 2.07. The molecule has 1 aliphatic heterocycles. The van der Waals surface area contributed by atoms with Crippen molar-refractivity contribution < 1.29 is 9.47 Å². The lowest BCUT2D eigenvalue weighted by Gasteiger charge is -2.19. The molecule has 1 aliphatic rings. The Morgan fingerprint density at radius 2 is 1.65 bits per heavy atom. The molecule has 0 amide bonds. The Bertz CT molecular complexity index is 546. The van der Waals surface area contributed by atoms with E-state index >= 15 is 0 Å².